The van der Waals surface area contributed by atoms with Crippen LogP contribution < -0.4 is 5.73 Å². The minimum Gasteiger partial charge on any atom is -0.409 e. The maximum Gasteiger partial charge on any atom is 0.254 e. The van der Waals surface area contributed by atoms with Gasteiger partial charge < -0.3 is 15.8 Å². The molecule has 5 nitrogen and oxygen atoms in total. The SMILES string of the molecule is CCN(CC/C(N)=N/O)C(=O)c1cccc(C)c1C. The van der Waals surface area contributed by atoms with Crippen molar-refractivity contribution in [3.8, 4) is 0 Å². The number of nitrogens with zero attached hydrogens (tertiary/aromatic N) is 2. The van der Waals surface area contributed by atoms with Gasteiger partial charge in [0.15, 0.2) is 0 Å². The van der Waals surface area contributed by atoms with E-state index in [9.17, 15) is 4.79 Å². The van der Waals surface area contributed by atoms with Crippen LogP contribution in [0, 0.1) is 13.8 Å². The third-order valence-corrected chi connectivity index (χ3v) is 3.27. The normalized spacial score (nSPS) is 11.4. The number of rotatable bonds is 5. The Morgan fingerprint density at radius 2 is 2.11 bits per heavy atom. The first-order chi connectivity index (χ1) is 9.01. The minimum atomic E-state index is -0.0190. The number of carbonyl (C=O) groups is 1. The van der Waals surface area contributed by atoms with Gasteiger partial charge in [-0.25, -0.2) is 0 Å². The molecule has 0 aromatic heterocycles. The molecule has 0 aliphatic heterocycles. The van der Waals surface area contributed by atoms with Crippen molar-refractivity contribution in [2.24, 2.45) is 10.9 Å². The van der Waals surface area contributed by atoms with Crippen molar-refractivity contribution in [2.75, 3.05) is 13.1 Å². The average molecular weight is 263 g/mol. The van der Waals surface area contributed by atoms with Crippen molar-refractivity contribution in [3.63, 3.8) is 0 Å². The first-order valence-electron chi connectivity index (χ1n) is 6.33. The van der Waals surface area contributed by atoms with E-state index in [1.165, 1.54) is 0 Å². The first-order valence-corrected chi connectivity index (χ1v) is 6.33. The second-order valence-electron chi connectivity index (χ2n) is 4.47. The van der Waals surface area contributed by atoms with E-state index in [1.54, 1.807) is 4.90 Å². The highest BCUT2D eigenvalue weighted by Gasteiger charge is 2.16. The number of hydrogen-bond acceptors (Lipinski definition) is 3. The molecular formula is C14H21N3O2. The summed E-state index contributed by atoms with van der Waals surface area (Å²) in [5.41, 5.74) is 8.23. The van der Waals surface area contributed by atoms with Crippen molar-refractivity contribution < 1.29 is 10.0 Å². The van der Waals surface area contributed by atoms with Crippen molar-refractivity contribution >= 4 is 11.7 Å². The Balaban J connectivity index is 2.87. The Kier molecular flexibility index (Phi) is 5.36. The lowest BCUT2D eigenvalue weighted by Crippen LogP contribution is -2.34. The fraction of sp³-hybridized carbons (Fsp3) is 0.429. The molecule has 0 atom stereocenters. The van der Waals surface area contributed by atoms with E-state index in [1.807, 2.05) is 39.0 Å². The third-order valence-electron chi connectivity index (χ3n) is 3.27. The maximum atomic E-state index is 12.4. The fourth-order valence-corrected chi connectivity index (χ4v) is 1.86. The van der Waals surface area contributed by atoms with Crippen LogP contribution in [0.15, 0.2) is 23.4 Å². The average Bonchev–Trinajstić information content (AvgIpc) is 2.41. The number of amides is 1. The van der Waals surface area contributed by atoms with E-state index in [0.717, 1.165) is 11.1 Å². The van der Waals surface area contributed by atoms with Gasteiger partial charge in [-0.1, -0.05) is 17.3 Å². The highest BCUT2D eigenvalue weighted by atomic mass is 16.4. The van der Waals surface area contributed by atoms with E-state index in [2.05, 4.69) is 5.16 Å². The molecular weight excluding hydrogens is 242 g/mol. The summed E-state index contributed by atoms with van der Waals surface area (Å²) in [4.78, 5) is 14.1. The molecule has 19 heavy (non-hydrogen) atoms. The lowest BCUT2D eigenvalue weighted by Gasteiger charge is -2.22. The summed E-state index contributed by atoms with van der Waals surface area (Å²) in [5.74, 6) is 0.113. The molecule has 1 aromatic carbocycles. The Labute approximate surface area is 113 Å². The number of amidine groups is 1. The van der Waals surface area contributed by atoms with Crippen LogP contribution >= 0.6 is 0 Å². The van der Waals surface area contributed by atoms with Gasteiger partial charge in [-0.2, -0.15) is 0 Å². The molecule has 0 heterocycles. The number of nitrogens with two attached hydrogens (primary N) is 1. The number of hydrogen-bond donors (Lipinski definition) is 2. The van der Waals surface area contributed by atoms with Crippen LogP contribution in [0.4, 0.5) is 0 Å². The quantitative estimate of drug-likeness (QED) is 0.368. The topological polar surface area (TPSA) is 78.9 Å². The van der Waals surface area contributed by atoms with Gasteiger partial charge in [0.25, 0.3) is 5.91 Å². The maximum absolute atomic E-state index is 12.4. The molecule has 0 saturated heterocycles. The fourth-order valence-electron chi connectivity index (χ4n) is 1.86. The summed E-state index contributed by atoms with van der Waals surface area (Å²) in [6, 6.07) is 5.70. The van der Waals surface area contributed by atoms with Gasteiger partial charge in [0, 0.05) is 25.1 Å². The van der Waals surface area contributed by atoms with Crippen molar-refractivity contribution in [1.82, 2.24) is 4.90 Å². The van der Waals surface area contributed by atoms with Crippen LogP contribution in [-0.4, -0.2) is 34.9 Å². The number of aryl methyl sites for hydroxylation is 1. The highest BCUT2D eigenvalue weighted by Crippen LogP contribution is 2.15. The zero-order chi connectivity index (χ0) is 14.4. The van der Waals surface area contributed by atoms with Crippen LogP contribution in [0.2, 0.25) is 0 Å². The van der Waals surface area contributed by atoms with Crippen molar-refractivity contribution in [1.29, 1.82) is 0 Å². The molecule has 0 aliphatic carbocycles. The summed E-state index contributed by atoms with van der Waals surface area (Å²) in [6.07, 6.45) is 0.362. The molecule has 0 fully saturated rings. The predicted octanol–water partition coefficient (Wildman–Crippen LogP) is 1.90. The van der Waals surface area contributed by atoms with Gasteiger partial charge in [-0.05, 0) is 38.0 Å². The third kappa shape index (κ3) is 3.71. The molecule has 5 heteroatoms. The molecule has 0 bridgehead atoms. The second kappa shape index (κ2) is 6.78. The lowest BCUT2D eigenvalue weighted by atomic mass is 10.0. The van der Waals surface area contributed by atoms with Gasteiger partial charge in [0.05, 0.1) is 0 Å². The largest absolute Gasteiger partial charge is 0.409 e. The smallest absolute Gasteiger partial charge is 0.254 e. The van der Waals surface area contributed by atoms with E-state index in [4.69, 9.17) is 10.9 Å². The second-order valence-corrected chi connectivity index (χ2v) is 4.47. The van der Waals surface area contributed by atoms with E-state index >= 15 is 0 Å². The Morgan fingerprint density at radius 1 is 1.42 bits per heavy atom. The zero-order valence-electron chi connectivity index (χ0n) is 11.7. The lowest BCUT2D eigenvalue weighted by molar-refractivity contribution is 0.0767. The number of carbonyl (C=O) groups excluding carboxylic acids is 1. The van der Waals surface area contributed by atoms with Crippen LogP contribution in [-0.2, 0) is 0 Å². The molecule has 0 aliphatic rings. The summed E-state index contributed by atoms with van der Waals surface area (Å²) in [7, 11) is 0. The predicted molar refractivity (Wildman–Crippen MR) is 75.5 cm³/mol. The summed E-state index contributed by atoms with van der Waals surface area (Å²) in [6.45, 7) is 6.87. The Bertz CT molecular complexity index is 484. The molecule has 0 saturated carbocycles. The summed E-state index contributed by atoms with van der Waals surface area (Å²) >= 11 is 0. The Hall–Kier alpha value is -2.04. The standard InChI is InChI=1S/C14H21N3O2/c1-4-17(9-8-13(15)16-19)14(18)12-7-5-6-10(2)11(12)3/h5-7,19H,4,8-9H2,1-3H3,(H2,15,16). The highest BCUT2D eigenvalue weighted by molar-refractivity contribution is 5.96. The van der Waals surface area contributed by atoms with E-state index in [0.29, 0.717) is 25.1 Å². The van der Waals surface area contributed by atoms with E-state index < -0.39 is 0 Å². The Morgan fingerprint density at radius 3 is 2.68 bits per heavy atom. The van der Waals surface area contributed by atoms with Gasteiger partial charge in [-0.15, -0.1) is 0 Å². The molecule has 0 radical (unpaired) electrons. The van der Waals surface area contributed by atoms with Gasteiger partial charge in [-0.3, -0.25) is 4.79 Å². The first kappa shape index (κ1) is 15.0. The summed E-state index contributed by atoms with van der Waals surface area (Å²) < 4.78 is 0. The molecule has 0 spiro atoms. The molecule has 3 N–H and O–H groups in total. The summed E-state index contributed by atoms with van der Waals surface area (Å²) in [5, 5.41) is 11.4. The molecule has 104 valence electrons. The molecule has 1 amide bonds. The van der Waals surface area contributed by atoms with E-state index in [-0.39, 0.29) is 11.7 Å². The van der Waals surface area contributed by atoms with Crippen LogP contribution in [0.5, 0.6) is 0 Å². The number of benzene rings is 1. The zero-order valence-corrected chi connectivity index (χ0v) is 11.7. The monoisotopic (exact) mass is 263 g/mol. The van der Waals surface area contributed by atoms with Gasteiger partial charge in [0.2, 0.25) is 0 Å². The van der Waals surface area contributed by atoms with Gasteiger partial charge in [0.1, 0.15) is 5.84 Å². The van der Waals surface area contributed by atoms with Gasteiger partial charge >= 0.3 is 0 Å². The minimum absolute atomic E-state index is 0.0190. The number of oxime groups is 1. The molecule has 0 unspecified atom stereocenters. The van der Waals surface area contributed by atoms with Crippen LogP contribution in [0.25, 0.3) is 0 Å². The van der Waals surface area contributed by atoms with Crippen LogP contribution in [0.1, 0.15) is 34.8 Å². The van der Waals surface area contributed by atoms with Crippen molar-refractivity contribution in [2.45, 2.75) is 27.2 Å². The molecule has 1 rings (SSSR count). The van der Waals surface area contributed by atoms with Crippen LogP contribution in [0.3, 0.4) is 0 Å². The molecule has 1 aromatic rings. The van der Waals surface area contributed by atoms with Crippen molar-refractivity contribution in [3.05, 3.63) is 34.9 Å².